The number of carbonyl (C=O) groups is 1. The summed E-state index contributed by atoms with van der Waals surface area (Å²) in [6, 6.07) is 0. The van der Waals surface area contributed by atoms with E-state index in [0.717, 1.165) is 6.54 Å². The van der Waals surface area contributed by atoms with Gasteiger partial charge in [0.1, 0.15) is 5.60 Å². The molecule has 0 amide bonds. The maximum Gasteiger partial charge on any atom is 0.340 e. The maximum atomic E-state index is 11.9. The van der Waals surface area contributed by atoms with Crippen LogP contribution >= 0.6 is 11.8 Å². The normalized spacial score (nSPS) is 20.6. The van der Waals surface area contributed by atoms with Gasteiger partial charge in [0, 0.05) is 12.7 Å². The average molecular weight is 243 g/mol. The Morgan fingerprint density at radius 3 is 2.62 bits per heavy atom. The number of thioether (sulfide) groups is 1. The summed E-state index contributed by atoms with van der Waals surface area (Å²) < 4.78 is 5.39. The van der Waals surface area contributed by atoms with E-state index in [2.05, 4.69) is 13.8 Å². The molecule has 0 spiro atoms. The van der Waals surface area contributed by atoms with Crippen LogP contribution in [0.3, 0.4) is 0 Å². The predicted molar refractivity (Wildman–Crippen MR) is 67.9 cm³/mol. The topological polar surface area (TPSA) is 29.5 Å². The average Bonchev–Trinajstić information content (AvgIpc) is 2.47. The highest BCUT2D eigenvalue weighted by atomic mass is 32.2. The van der Waals surface area contributed by atoms with E-state index in [9.17, 15) is 4.79 Å². The second-order valence-electron chi connectivity index (χ2n) is 5.40. The van der Waals surface area contributed by atoms with E-state index in [1.165, 1.54) is 11.8 Å². The molecule has 1 heterocycles. The first-order valence-electron chi connectivity index (χ1n) is 5.60. The molecule has 1 rings (SSSR count). The zero-order chi connectivity index (χ0) is 12.3. The second kappa shape index (κ2) is 5.13. The summed E-state index contributed by atoms with van der Waals surface area (Å²) in [5.41, 5.74) is -0.413. The SMILES string of the molecule is CC(C)CN1C=CSC1C(=O)OC(C)(C)C. The predicted octanol–water partition coefficient (Wildman–Crippen LogP) is 2.83. The Balaban J connectivity index is 2.56. The van der Waals surface area contributed by atoms with Crippen LogP contribution in [0.25, 0.3) is 0 Å². The van der Waals surface area contributed by atoms with Crippen molar-refractivity contribution in [1.29, 1.82) is 0 Å². The number of hydrogen-bond donors (Lipinski definition) is 0. The Labute approximate surface area is 102 Å². The van der Waals surface area contributed by atoms with Gasteiger partial charge in [-0.25, -0.2) is 4.79 Å². The van der Waals surface area contributed by atoms with Gasteiger partial charge in [-0.1, -0.05) is 25.6 Å². The van der Waals surface area contributed by atoms with Crippen molar-refractivity contribution in [2.24, 2.45) is 5.92 Å². The number of rotatable bonds is 3. The molecule has 1 aliphatic heterocycles. The summed E-state index contributed by atoms with van der Waals surface area (Å²) in [5, 5.41) is 1.75. The minimum atomic E-state index is -0.413. The highest BCUT2D eigenvalue weighted by Crippen LogP contribution is 2.28. The number of esters is 1. The summed E-state index contributed by atoms with van der Waals surface area (Å²) in [7, 11) is 0. The van der Waals surface area contributed by atoms with Crippen molar-refractivity contribution in [2.75, 3.05) is 6.54 Å². The fourth-order valence-corrected chi connectivity index (χ4v) is 2.31. The quantitative estimate of drug-likeness (QED) is 0.713. The Bertz CT molecular complexity index is 281. The fraction of sp³-hybridized carbons (Fsp3) is 0.750. The van der Waals surface area contributed by atoms with Crippen molar-refractivity contribution in [3.8, 4) is 0 Å². The third-order valence-electron chi connectivity index (χ3n) is 1.95. The van der Waals surface area contributed by atoms with Gasteiger partial charge in [-0.3, -0.25) is 0 Å². The molecule has 92 valence electrons. The van der Waals surface area contributed by atoms with E-state index in [4.69, 9.17) is 4.74 Å². The third-order valence-corrected chi connectivity index (χ3v) is 2.95. The molecule has 1 atom stereocenters. The van der Waals surface area contributed by atoms with Gasteiger partial charge in [0.05, 0.1) is 0 Å². The zero-order valence-corrected chi connectivity index (χ0v) is 11.5. The van der Waals surface area contributed by atoms with Crippen LogP contribution in [0, 0.1) is 5.92 Å². The van der Waals surface area contributed by atoms with Crippen LogP contribution in [0.1, 0.15) is 34.6 Å². The Morgan fingerprint density at radius 1 is 1.50 bits per heavy atom. The maximum absolute atomic E-state index is 11.9. The van der Waals surface area contributed by atoms with Crippen molar-refractivity contribution in [2.45, 2.75) is 45.6 Å². The van der Waals surface area contributed by atoms with Crippen LogP contribution in [0.5, 0.6) is 0 Å². The van der Waals surface area contributed by atoms with E-state index < -0.39 is 5.60 Å². The lowest BCUT2D eigenvalue weighted by Gasteiger charge is -2.28. The summed E-state index contributed by atoms with van der Waals surface area (Å²) in [6.45, 7) is 10.8. The van der Waals surface area contributed by atoms with Crippen molar-refractivity contribution < 1.29 is 9.53 Å². The molecule has 16 heavy (non-hydrogen) atoms. The minimum Gasteiger partial charge on any atom is -0.458 e. The van der Waals surface area contributed by atoms with Crippen LogP contribution in [0.15, 0.2) is 11.6 Å². The first-order chi connectivity index (χ1) is 7.29. The highest BCUT2D eigenvalue weighted by Gasteiger charge is 2.31. The lowest BCUT2D eigenvalue weighted by molar-refractivity contribution is -0.156. The number of ether oxygens (including phenoxy) is 1. The van der Waals surface area contributed by atoms with Crippen LogP contribution < -0.4 is 0 Å². The lowest BCUT2D eigenvalue weighted by Crippen LogP contribution is -2.39. The van der Waals surface area contributed by atoms with Gasteiger partial charge in [0.25, 0.3) is 0 Å². The van der Waals surface area contributed by atoms with Crippen LogP contribution in [-0.2, 0) is 9.53 Å². The molecule has 0 radical (unpaired) electrons. The molecule has 1 aliphatic rings. The van der Waals surface area contributed by atoms with Gasteiger partial charge < -0.3 is 9.64 Å². The Kier molecular flexibility index (Phi) is 4.30. The van der Waals surface area contributed by atoms with Crippen molar-refractivity contribution in [3.05, 3.63) is 11.6 Å². The van der Waals surface area contributed by atoms with E-state index in [-0.39, 0.29) is 11.3 Å². The molecule has 0 bridgehead atoms. The van der Waals surface area contributed by atoms with E-state index in [1.54, 1.807) is 0 Å². The van der Waals surface area contributed by atoms with Crippen molar-refractivity contribution in [1.82, 2.24) is 4.90 Å². The van der Waals surface area contributed by atoms with Gasteiger partial charge in [-0.15, -0.1) is 0 Å². The molecule has 0 aromatic carbocycles. The molecule has 0 saturated carbocycles. The smallest absolute Gasteiger partial charge is 0.340 e. The fourth-order valence-electron chi connectivity index (χ4n) is 1.47. The van der Waals surface area contributed by atoms with Crippen molar-refractivity contribution >= 4 is 17.7 Å². The van der Waals surface area contributed by atoms with Gasteiger partial charge in [-0.05, 0) is 32.1 Å². The first kappa shape index (κ1) is 13.4. The molecular formula is C12H21NO2S. The summed E-state index contributed by atoms with van der Waals surface area (Å²) in [6.07, 6.45) is 1.97. The molecule has 0 saturated heterocycles. The monoisotopic (exact) mass is 243 g/mol. The Morgan fingerprint density at radius 2 is 2.12 bits per heavy atom. The molecule has 4 heteroatoms. The zero-order valence-electron chi connectivity index (χ0n) is 10.7. The molecule has 0 N–H and O–H groups in total. The molecule has 0 aromatic rings. The summed E-state index contributed by atoms with van der Waals surface area (Å²) >= 11 is 1.51. The molecule has 0 aliphatic carbocycles. The van der Waals surface area contributed by atoms with Gasteiger partial charge in [-0.2, -0.15) is 0 Å². The van der Waals surface area contributed by atoms with Crippen LogP contribution in [-0.4, -0.2) is 28.4 Å². The molecular weight excluding hydrogens is 222 g/mol. The van der Waals surface area contributed by atoms with Gasteiger partial charge in [0.15, 0.2) is 5.37 Å². The highest BCUT2D eigenvalue weighted by molar-refractivity contribution is 8.03. The number of hydrogen-bond acceptors (Lipinski definition) is 4. The largest absolute Gasteiger partial charge is 0.458 e. The van der Waals surface area contributed by atoms with Crippen LogP contribution in [0.2, 0.25) is 0 Å². The van der Waals surface area contributed by atoms with Gasteiger partial charge in [0.2, 0.25) is 0 Å². The standard InChI is InChI=1S/C12H21NO2S/c1-9(2)8-13-6-7-16-10(13)11(14)15-12(3,4)5/h6-7,9-10H,8H2,1-5H3. The summed E-state index contributed by atoms with van der Waals surface area (Å²) in [5.74, 6) is 0.386. The number of nitrogens with zero attached hydrogens (tertiary/aromatic N) is 1. The molecule has 1 unspecified atom stereocenters. The number of carbonyl (C=O) groups excluding carboxylic acids is 1. The third kappa shape index (κ3) is 4.08. The second-order valence-corrected chi connectivity index (χ2v) is 6.39. The first-order valence-corrected chi connectivity index (χ1v) is 6.54. The molecule has 0 aromatic heterocycles. The summed E-state index contributed by atoms with van der Waals surface area (Å²) in [4.78, 5) is 14.0. The lowest BCUT2D eigenvalue weighted by atomic mass is 10.2. The van der Waals surface area contributed by atoms with E-state index in [0.29, 0.717) is 5.92 Å². The van der Waals surface area contributed by atoms with E-state index in [1.807, 2.05) is 37.3 Å². The minimum absolute atomic E-state index is 0.150. The van der Waals surface area contributed by atoms with Gasteiger partial charge >= 0.3 is 5.97 Å². The van der Waals surface area contributed by atoms with E-state index >= 15 is 0 Å². The molecule has 3 nitrogen and oxygen atoms in total. The van der Waals surface area contributed by atoms with Crippen molar-refractivity contribution in [3.63, 3.8) is 0 Å². The Hall–Kier alpha value is -0.640. The van der Waals surface area contributed by atoms with Crippen LogP contribution in [0.4, 0.5) is 0 Å². The molecule has 0 fully saturated rings.